The number of tetrazole rings is 1. The average Bonchev–Trinajstić information content (AvgIpc) is 2.66. The average molecular weight is 222 g/mol. The predicted octanol–water partition coefficient (Wildman–Crippen LogP) is 0.564. The molecule has 0 aliphatic heterocycles. The van der Waals surface area contributed by atoms with Gasteiger partial charge < -0.3 is 5.11 Å². The van der Waals surface area contributed by atoms with Crippen molar-refractivity contribution in [3.05, 3.63) is 30.1 Å². The zero-order chi connectivity index (χ0) is 11.5. The molecule has 0 bridgehead atoms. The largest absolute Gasteiger partial charge is 0.480 e. The highest BCUT2D eigenvalue weighted by Crippen LogP contribution is 2.18. The summed E-state index contributed by atoms with van der Waals surface area (Å²) in [5, 5.41) is 19.0. The summed E-state index contributed by atoms with van der Waals surface area (Å²) in [6.07, 6.45) is 0. The van der Waals surface area contributed by atoms with Crippen molar-refractivity contribution in [2.75, 3.05) is 0 Å². The molecule has 6 nitrogen and oxygen atoms in total. The summed E-state index contributed by atoms with van der Waals surface area (Å²) in [5.74, 6) is -1.49. The number of carbonyl (C=O) groups is 1. The fourth-order valence-electron chi connectivity index (χ4n) is 1.27. The van der Waals surface area contributed by atoms with Crippen LogP contribution in [-0.4, -0.2) is 31.3 Å². The van der Waals surface area contributed by atoms with Gasteiger partial charge in [0.15, 0.2) is 5.82 Å². The van der Waals surface area contributed by atoms with E-state index >= 15 is 0 Å². The van der Waals surface area contributed by atoms with Gasteiger partial charge in [0.2, 0.25) is 0 Å². The van der Waals surface area contributed by atoms with Gasteiger partial charge in [-0.2, -0.15) is 0 Å². The third kappa shape index (κ3) is 1.88. The molecule has 0 fully saturated rings. The Bertz CT molecular complexity index is 526. The van der Waals surface area contributed by atoms with E-state index in [9.17, 15) is 9.18 Å². The first-order valence-electron chi connectivity index (χ1n) is 4.41. The molecule has 82 valence electrons. The topological polar surface area (TPSA) is 80.9 Å². The van der Waals surface area contributed by atoms with Crippen molar-refractivity contribution in [2.45, 2.75) is 6.54 Å². The van der Waals surface area contributed by atoms with Crippen molar-refractivity contribution in [1.29, 1.82) is 0 Å². The Balaban J connectivity index is 2.45. The predicted molar refractivity (Wildman–Crippen MR) is 50.8 cm³/mol. The molecule has 0 saturated carbocycles. The maximum Gasteiger partial charge on any atom is 0.325 e. The summed E-state index contributed by atoms with van der Waals surface area (Å²) in [4.78, 5) is 10.5. The van der Waals surface area contributed by atoms with Crippen molar-refractivity contribution in [2.24, 2.45) is 0 Å². The van der Waals surface area contributed by atoms with E-state index in [1.54, 1.807) is 6.07 Å². The molecular weight excluding hydrogens is 215 g/mol. The van der Waals surface area contributed by atoms with Gasteiger partial charge in [-0.05, 0) is 22.6 Å². The Morgan fingerprint density at radius 3 is 2.88 bits per heavy atom. The van der Waals surface area contributed by atoms with Gasteiger partial charge in [0, 0.05) is 0 Å². The van der Waals surface area contributed by atoms with Crippen molar-refractivity contribution < 1.29 is 14.3 Å². The van der Waals surface area contributed by atoms with Crippen LogP contribution < -0.4 is 0 Å². The Morgan fingerprint density at radius 2 is 2.19 bits per heavy atom. The van der Waals surface area contributed by atoms with Crippen LogP contribution in [0.5, 0.6) is 0 Å². The van der Waals surface area contributed by atoms with Crippen molar-refractivity contribution in [1.82, 2.24) is 20.2 Å². The first kappa shape index (κ1) is 10.2. The molecule has 0 amide bonds. The molecule has 7 heteroatoms. The Kier molecular flexibility index (Phi) is 2.59. The number of benzene rings is 1. The van der Waals surface area contributed by atoms with E-state index in [4.69, 9.17) is 5.11 Å². The molecule has 0 unspecified atom stereocenters. The number of halogens is 1. The monoisotopic (exact) mass is 222 g/mol. The molecule has 16 heavy (non-hydrogen) atoms. The maximum absolute atomic E-state index is 13.4. The zero-order valence-corrected chi connectivity index (χ0v) is 8.04. The van der Waals surface area contributed by atoms with Crippen LogP contribution in [0.25, 0.3) is 11.4 Å². The van der Waals surface area contributed by atoms with Crippen LogP contribution in [0.4, 0.5) is 4.39 Å². The molecule has 2 aromatic rings. The van der Waals surface area contributed by atoms with Crippen LogP contribution in [-0.2, 0) is 11.3 Å². The summed E-state index contributed by atoms with van der Waals surface area (Å²) in [6.45, 7) is -0.406. The van der Waals surface area contributed by atoms with Gasteiger partial charge in [0.25, 0.3) is 0 Å². The highest BCUT2D eigenvalue weighted by atomic mass is 19.1. The number of aromatic nitrogens is 4. The van der Waals surface area contributed by atoms with E-state index in [-0.39, 0.29) is 11.4 Å². The molecule has 0 aliphatic rings. The highest BCUT2D eigenvalue weighted by Gasteiger charge is 2.14. The van der Waals surface area contributed by atoms with Crippen LogP contribution in [0.1, 0.15) is 0 Å². The third-order valence-electron chi connectivity index (χ3n) is 1.93. The van der Waals surface area contributed by atoms with Crippen LogP contribution in [0.3, 0.4) is 0 Å². The van der Waals surface area contributed by atoms with Crippen molar-refractivity contribution in [3.63, 3.8) is 0 Å². The van der Waals surface area contributed by atoms with E-state index in [0.29, 0.717) is 0 Å². The minimum Gasteiger partial charge on any atom is -0.480 e. The third-order valence-corrected chi connectivity index (χ3v) is 1.93. The van der Waals surface area contributed by atoms with E-state index in [1.807, 2.05) is 0 Å². The highest BCUT2D eigenvalue weighted by molar-refractivity contribution is 5.67. The van der Waals surface area contributed by atoms with E-state index < -0.39 is 18.3 Å². The van der Waals surface area contributed by atoms with Gasteiger partial charge in [-0.25, -0.2) is 9.07 Å². The molecule has 0 aliphatic carbocycles. The molecule has 1 N–H and O–H groups in total. The van der Waals surface area contributed by atoms with Crippen LogP contribution in [0, 0.1) is 5.82 Å². The van der Waals surface area contributed by atoms with Gasteiger partial charge in [-0.3, -0.25) is 4.79 Å². The Labute approximate surface area is 89.3 Å². The molecule has 1 heterocycles. The number of hydrogen-bond donors (Lipinski definition) is 1. The lowest BCUT2D eigenvalue weighted by Gasteiger charge is -2.02. The number of nitrogens with zero attached hydrogens (tertiary/aromatic N) is 4. The number of carboxylic acid groups (broad SMARTS) is 1. The van der Waals surface area contributed by atoms with Gasteiger partial charge in [0.05, 0.1) is 5.56 Å². The molecule has 2 rings (SSSR count). The fourth-order valence-corrected chi connectivity index (χ4v) is 1.27. The summed E-state index contributed by atoms with van der Waals surface area (Å²) < 4.78 is 14.4. The lowest BCUT2D eigenvalue weighted by Crippen LogP contribution is -2.12. The number of carboxylic acids is 1. The molecule has 0 spiro atoms. The normalized spacial score (nSPS) is 10.3. The van der Waals surface area contributed by atoms with Gasteiger partial charge in [-0.1, -0.05) is 12.1 Å². The standard InChI is InChI=1S/C9H7FN4O2/c10-7-4-2-1-3-6(7)9-11-12-13-14(9)5-8(15)16/h1-4H,5H2,(H,15,16). The van der Waals surface area contributed by atoms with Gasteiger partial charge in [0.1, 0.15) is 12.4 Å². The minimum absolute atomic E-state index is 0.0977. The molecule has 1 aromatic heterocycles. The number of rotatable bonds is 3. The number of aliphatic carboxylic acids is 1. The van der Waals surface area contributed by atoms with E-state index in [0.717, 1.165) is 4.68 Å². The zero-order valence-electron chi connectivity index (χ0n) is 8.04. The van der Waals surface area contributed by atoms with Crippen molar-refractivity contribution >= 4 is 5.97 Å². The molecule has 0 atom stereocenters. The lowest BCUT2D eigenvalue weighted by atomic mass is 10.2. The second-order valence-electron chi connectivity index (χ2n) is 3.03. The first-order valence-corrected chi connectivity index (χ1v) is 4.41. The second kappa shape index (κ2) is 4.05. The smallest absolute Gasteiger partial charge is 0.325 e. The lowest BCUT2D eigenvalue weighted by molar-refractivity contribution is -0.137. The van der Waals surface area contributed by atoms with Crippen molar-refractivity contribution in [3.8, 4) is 11.4 Å². The number of hydrogen-bond acceptors (Lipinski definition) is 4. The summed E-state index contributed by atoms with van der Waals surface area (Å²) in [7, 11) is 0. The van der Waals surface area contributed by atoms with Crippen LogP contribution >= 0.6 is 0 Å². The van der Waals surface area contributed by atoms with Crippen LogP contribution in [0.15, 0.2) is 24.3 Å². The second-order valence-corrected chi connectivity index (χ2v) is 3.03. The Hall–Kier alpha value is -2.31. The molecule has 1 aromatic carbocycles. The van der Waals surface area contributed by atoms with Gasteiger partial charge in [-0.15, -0.1) is 5.10 Å². The van der Waals surface area contributed by atoms with Crippen LogP contribution in [0.2, 0.25) is 0 Å². The molecule has 0 radical (unpaired) electrons. The van der Waals surface area contributed by atoms with E-state index in [2.05, 4.69) is 15.5 Å². The molecule has 0 saturated heterocycles. The first-order chi connectivity index (χ1) is 7.68. The summed E-state index contributed by atoms with van der Waals surface area (Å²) in [5.41, 5.74) is 0.175. The summed E-state index contributed by atoms with van der Waals surface area (Å²) >= 11 is 0. The van der Waals surface area contributed by atoms with E-state index in [1.165, 1.54) is 18.2 Å². The fraction of sp³-hybridized carbons (Fsp3) is 0.111. The summed E-state index contributed by atoms with van der Waals surface area (Å²) in [6, 6.07) is 5.90. The van der Waals surface area contributed by atoms with Gasteiger partial charge >= 0.3 is 5.97 Å². The maximum atomic E-state index is 13.4. The SMILES string of the molecule is O=C(O)Cn1nnnc1-c1ccccc1F. The molecular formula is C9H7FN4O2. The minimum atomic E-state index is -1.09. The quantitative estimate of drug-likeness (QED) is 0.820. The Morgan fingerprint density at radius 1 is 1.44 bits per heavy atom.